The molecule has 1 N–H and O–H groups in total. The fraction of sp³-hybridized carbons (Fsp3) is 0.800. The quantitative estimate of drug-likeness (QED) is 0.426. The largest absolute Gasteiger partial charge is 0.302 e. The highest BCUT2D eigenvalue weighted by atomic mass is 79.9. The first-order chi connectivity index (χ1) is 3.79. The Morgan fingerprint density at radius 2 is 2.62 bits per heavy atom. The van der Waals surface area contributed by atoms with Crippen LogP contribution in [0.5, 0.6) is 0 Å². The number of nitrogens with one attached hydrogen (secondary N) is 1. The van der Waals surface area contributed by atoms with Gasteiger partial charge in [-0.05, 0) is 7.05 Å². The molecule has 2 nitrogen and oxygen atoms in total. The van der Waals surface area contributed by atoms with Crippen LogP contribution in [0.3, 0.4) is 0 Å². The first-order valence-electron chi connectivity index (χ1n) is 2.69. The Bertz CT molecular complexity index is 68.8. The third-order valence-electron chi connectivity index (χ3n) is 1.17. The molecule has 1 aliphatic heterocycles. The summed E-state index contributed by atoms with van der Waals surface area (Å²) < 4.78 is 0. The third-order valence-corrected chi connectivity index (χ3v) is 1.73. The fourth-order valence-electron chi connectivity index (χ4n) is 0.737. The fourth-order valence-corrected chi connectivity index (χ4v) is 1.42. The van der Waals surface area contributed by atoms with Crippen LogP contribution >= 0.6 is 15.9 Å². The second-order valence-electron chi connectivity index (χ2n) is 2.06. The molecule has 1 fully saturated rings. The summed E-state index contributed by atoms with van der Waals surface area (Å²) in [6, 6.07) is 0. The average molecular weight is 178 g/mol. The molecule has 0 aromatic heterocycles. The Kier molecular flexibility index (Phi) is 2.28. The van der Waals surface area contributed by atoms with Crippen LogP contribution in [0.1, 0.15) is 0 Å². The molecule has 1 aliphatic rings. The van der Waals surface area contributed by atoms with Crippen molar-refractivity contribution < 1.29 is 0 Å². The van der Waals surface area contributed by atoms with E-state index in [4.69, 9.17) is 0 Å². The lowest BCUT2D eigenvalue weighted by atomic mass is 10.4. The molecule has 0 aliphatic carbocycles. The van der Waals surface area contributed by atoms with Crippen LogP contribution in [-0.4, -0.2) is 30.0 Å². The number of likely N-dealkylation sites (N-methyl/N-ethyl adjacent to an activating group) is 1. The van der Waals surface area contributed by atoms with E-state index in [9.17, 15) is 0 Å². The van der Waals surface area contributed by atoms with Gasteiger partial charge in [-0.3, -0.25) is 5.32 Å². The van der Waals surface area contributed by atoms with Gasteiger partial charge >= 0.3 is 0 Å². The standard InChI is InChI=1S/C5H10BrN2/c1-8-3-2-7-5(6)4-8/h2,5,7H,3-4H2,1H3. The van der Waals surface area contributed by atoms with Crippen molar-refractivity contribution in [1.29, 1.82) is 0 Å². The monoisotopic (exact) mass is 177 g/mol. The molecule has 0 bridgehead atoms. The van der Waals surface area contributed by atoms with Gasteiger partial charge in [0, 0.05) is 19.6 Å². The van der Waals surface area contributed by atoms with E-state index in [1.54, 1.807) is 0 Å². The summed E-state index contributed by atoms with van der Waals surface area (Å²) in [5.74, 6) is 0. The van der Waals surface area contributed by atoms with Gasteiger partial charge in [0.15, 0.2) is 0 Å². The number of hydrogen-bond acceptors (Lipinski definition) is 2. The van der Waals surface area contributed by atoms with Crippen molar-refractivity contribution in [3.63, 3.8) is 0 Å². The van der Waals surface area contributed by atoms with Gasteiger partial charge in [0.1, 0.15) is 0 Å². The van der Waals surface area contributed by atoms with Crippen LogP contribution in [0.2, 0.25) is 0 Å². The molecular weight excluding hydrogens is 168 g/mol. The van der Waals surface area contributed by atoms with E-state index in [-0.39, 0.29) is 0 Å². The molecule has 47 valence electrons. The van der Waals surface area contributed by atoms with Crippen molar-refractivity contribution in [3.8, 4) is 0 Å². The lowest BCUT2D eigenvalue weighted by molar-refractivity contribution is 0.308. The Hall–Kier alpha value is 0.400. The van der Waals surface area contributed by atoms with Gasteiger partial charge < -0.3 is 4.90 Å². The SMILES string of the molecule is CN1C[CH]NC(Br)C1. The summed E-state index contributed by atoms with van der Waals surface area (Å²) in [5, 5.41) is 3.16. The molecule has 1 saturated heterocycles. The van der Waals surface area contributed by atoms with E-state index in [2.05, 4.69) is 39.7 Å². The van der Waals surface area contributed by atoms with Crippen molar-refractivity contribution in [3.05, 3.63) is 6.54 Å². The minimum absolute atomic E-state index is 0.446. The van der Waals surface area contributed by atoms with Crippen molar-refractivity contribution in [2.75, 3.05) is 20.1 Å². The molecule has 1 unspecified atom stereocenters. The molecule has 8 heavy (non-hydrogen) atoms. The van der Waals surface area contributed by atoms with Gasteiger partial charge in [-0.15, -0.1) is 0 Å². The van der Waals surface area contributed by atoms with E-state index < -0.39 is 0 Å². The first-order valence-corrected chi connectivity index (χ1v) is 3.61. The zero-order valence-electron chi connectivity index (χ0n) is 4.89. The molecule has 3 heteroatoms. The normalized spacial score (nSPS) is 33.0. The summed E-state index contributed by atoms with van der Waals surface area (Å²) in [5.41, 5.74) is 0. The predicted octanol–water partition coefficient (Wildman–Crippen LogP) is 0.404. The van der Waals surface area contributed by atoms with Crippen molar-refractivity contribution in [1.82, 2.24) is 10.2 Å². The minimum atomic E-state index is 0.446. The number of piperazine rings is 1. The Morgan fingerprint density at radius 3 is 3.00 bits per heavy atom. The van der Waals surface area contributed by atoms with Gasteiger partial charge in [-0.2, -0.15) is 0 Å². The number of hydrogen-bond donors (Lipinski definition) is 1. The molecule has 1 rings (SSSR count). The van der Waals surface area contributed by atoms with Gasteiger partial charge in [-0.25, -0.2) is 0 Å². The maximum absolute atomic E-state index is 3.44. The average Bonchev–Trinajstić information content (AvgIpc) is 1.64. The summed E-state index contributed by atoms with van der Waals surface area (Å²) >= 11 is 3.44. The second-order valence-corrected chi connectivity index (χ2v) is 3.16. The summed E-state index contributed by atoms with van der Waals surface area (Å²) in [6.07, 6.45) is 0. The zero-order valence-corrected chi connectivity index (χ0v) is 6.48. The highest BCUT2D eigenvalue weighted by Gasteiger charge is 2.11. The lowest BCUT2D eigenvalue weighted by Crippen LogP contribution is -2.42. The third kappa shape index (κ3) is 1.73. The van der Waals surface area contributed by atoms with Gasteiger partial charge in [0.05, 0.1) is 4.95 Å². The lowest BCUT2D eigenvalue weighted by Gasteiger charge is -2.26. The van der Waals surface area contributed by atoms with Crippen LogP contribution in [0.25, 0.3) is 0 Å². The van der Waals surface area contributed by atoms with Crippen LogP contribution < -0.4 is 5.32 Å². The van der Waals surface area contributed by atoms with E-state index in [0.717, 1.165) is 13.1 Å². The molecule has 1 heterocycles. The van der Waals surface area contributed by atoms with Gasteiger partial charge in [0.25, 0.3) is 0 Å². The molecule has 0 aromatic rings. The minimum Gasteiger partial charge on any atom is -0.302 e. The van der Waals surface area contributed by atoms with Crippen molar-refractivity contribution in [2.45, 2.75) is 4.95 Å². The highest BCUT2D eigenvalue weighted by molar-refractivity contribution is 9.09. The maximum atomic E-state index is 3.44. The molecular formula is C5H10BrN2. The second kappa shape index (κ2) is 2.80. The predicted molar refractivity (Wildman–Crippen MR) is 37.6 cm³/mol. The van der Waals surface area contributed by atoms with Crippen LogP contribution in [0, 0.1) is 6.54 Å². The molecule has 1 radical (unpaired) electrons. The molecule has 1 atom stereocenters. The number of alkyl halides is 1. The Labute approximate surface area is 58.4 Å². The molecule has 0 spiro atoms. The summed E-state index contributed by atoms with van der Waals surface area (Å²) in [7, 11) is 2.10. The van der Waals surface area contributed by atoms with Crippen LogP contribution in [-0.2, 0) is 0 Å². The zero-order chi connectivity index (χ0) is 5.98. The van der Waals surface area contributed by atoms with Gasteiger partial charge in [-0.1, -0.05) is 15.9 Å². The molecule has 0 amide bonds. The van der Waals surface area contributed by atoms with E-state index in [1.807, 2.05) is 0 Å². The van der Waals surface area contributed by atoms with E-state index in [0.29, 0.717) is 4.95 Å². The number of halogens is 1. The van der Waals surface area contributed by atoms with Crippen molar-refractivity contribution >= 4 is 15.9 Å². The number of nitrogens with zero attached hydrogens (tertiary/aromatic N) is 1. The van der Waals surface area contributed by atoms with E-state index >= 15 is 0 Å². The highest BCUT2D eigenvalue weighted by Crippen LogP contribution is 2.02. The first kappa shape index (κ1) is 6.52. The number of rotatable bonds is 0. The van der Waals surface area contributed by atoms with E-state index in [1.165, 1.54) is 0 Å². The van der Waals surface area contributed by atoms with Gasteiger partial charge in [0.2, 0.25) is 0 Å². The Balaban J connectivity index is 2.23. The van der Waals surface area contributed by atoms with Crippen LogP contribution in [0.15, 0.2) is 0 Å². The van der Waals surface area contributed by atoms with Crippen molar-refractivity contribution in [2.24, 2.45) is 0 Å². The molecule has 0 aromatic carbocycles. The van der Waals surface area contributed by atoms with Crippen LogP contribution in [0.4, 0.5) is 0 Å². The molecule has 0 saturated carbocycles. The summed E-state index contributed by atoms with van der Waals surface area (Å²) in [6.45, 7) is 4.18. The maximum Gasteiger partial charge on any atom is 0.0762 e. The Morgan fingerprint density at radius 1 is 1.88 bits per heavy atom. The smallest absolute Gasteiger partial charge is 0.0762 e. The topological polar surface area (TPSA) is 15.3 Å². The summed E-state index contributed by atoms with van der Waals surface area (Å²) in [4.78, 5) is 2.69.